The summed E-state index contributed by atoms with van der Waals surface area (Å²) in [6, 6.07) is 9.98. The minimum absolute atomic E-state index is 0. The molecule has 2 aromatic rings. The highest BCUT2D eigenvalue weighted by molar-refractivity contribution is 5.85. The molecule has 4 nitrogen and oxygen atoms in total. The van der Waals surface area contributed by atoms with Gasteiger partial charge in [-0.1, -0.05) is 31.2 Å². The van der Waals surface area contributed by atoms with Crippen LogP contribution in [0.3, 0.4) is 0 Å². The molecule has 1 saturated heterocycles. The molecule has 118 valence electrons. The Morgan fingerprint density at radius 2 is 2.18 bits per heavy atom. The monoisotopic (exact) mass is 319 g/mol. The third-order valence-electron chi connectivity index (χ3n) is 4.15. The van der Waals surface area contributed by atoms with Crippen LogP contribution in [0.1, 0.15) is 25.3 Å². The van der Waals surface area contributed by atoms with E-state index in [9.17, 15) is 4.79 Å². The first kappa shape index (κ1) is 16.7. The Morgan fingerprint density at radius 1 is 1.36 bits per heavy atom. The van der Waals surface area contributed by atoms with Gasteiger partial charge in [-0.15, -0.1) is 12.4 Å². The molecule has 5 heteroatoms. The second-order valence-electron chi connectivity index (χ2n) is 5.85. The van der Waals surface area contributed by atoms with Crippen LogP contribution in [0, 0.1) is 5.92 Å². The molecule has 0 radical (unpaired) electrons. The summed E-state index contributed by atoms with van der Waals surface area (Å²) in [5.41, 5.74) is 2.02. The molecule has 3 rings (SSSR count). The number of fused-ring (bicyclic) bond motifs is 1. The Balaban J connectivity index is 0.00000176. The molecule has 1 amide bonds. The minimum Gasteiger partial charge on any atom is -0.351 e. The van der Waals surface area contributed by atoms with Gasteiger partial charge >= 0.3 is 0 Å². The van der Waals surface area contributed by atoms with Crippen molar-refractivity contribution in [3.63, 3.8) is 0 Å². The van der Waals surface area contributed by atoms with Crippen LogP contribution in [0.2, 0.25) is 0 Å². The SMILES string of the molecule is CC1CCNC(C(=O)NCc2cccc3cccnc23)C1.Cl. The normalized spacial score (nSPS) is 21.1. The first-order chi connectivity index (χ1) is 10.2. The highest BCUT2D eigenvalue weighted by atomic mass is 35.5. The average Bonchev–Trinajstić information content (AvgIpc) is 2.52. The van der Waals surface area contributed by atoms with E-state index in [-0.39, 0.29) is 24.4 Å². The third kappa shape index (κ3) is 3.76. The molecule has 1 aromatic heterocycles. The van der Waals surface area contributed by atoms with Gasteiger partial charge in [0.2, 0.25) is 5.91 Å². The van der Waals surface area contributed by atoms with Crippen LogP contribution >= 0.6 is 12.4 Å². The summed E-state index contributed by atoms with van der Waals surface area (Å²) in [5, 5.41) is 7.44. The lowest BCUT2D eigenvalue weighted by Crippen LogP contribution is -2.48. The Bertz CT molecular complexity index is 641. The van der Waals surface area contributed by atoms with Crippen molar-refractivity contribution in [3.8, 4) is 0 Å². The number of aromatic nitrogens is 1. The van der Waals surface area contributed by atoms with Crippen LogP contribution in [-0.2, 0) is 11.3 Å². The molecule has 1 fully saturated rings. The summed E-state index contributed by atoms with van der Waals surface area (Å²) >= 11 is 0. The number of pyridine rings is 1. The molecule has 2 atom stereocenters. The molecule has 2 N–H and O–H groups in total. The van der Waals surface area contributed by atoms with E-state index in [0.29, 0.717) is 12.5 Å². The van der Waals surface area contributed by atoms with E-state index in [0.717, 1.165) is 35.9 Å². The van der Waals surface area contributed by atoms with Crippen molar-refractivity contribution in [2.45, 2.75) is 32.4 Å². The molecule has 0 bridgehead atoms. The molecular weight excluding hydrogens is 298 g/mol. The number of hydrogen-bond acceptors (Lipinski definition) is 3. The maximum absolute atomic E-state index is 12.3. The molecule has 1 aliphatic rings. The number of rotatable bonds is 3. The summed E-state index contributed by atoms with van der Waals surface area (Å²) in [6.07, 6.45) is 3.86. The molecule has 0 aliphatic carbocycles. The quantitative estimate of drug-likeness (QED) is 0.914. The van der Waals surface area contributed by atoms with Crippen molar-refractivity contribution in [1.29, 1.82) is 0 Å². The van der Waals surface area contributed by atoms with Crippen LogP contribution in [0.4, 0.5) is 0 Å². The van der Waals surface area contributed by atoms with Crippen molar-refractivity contribution in [2.75, 3.05) is 6.54 Å². The Kier molecular flexibility index (Phi) is 5.75. The fourth-order valence-electron chi connectivity index (χ4n) is 2.92. The van der Waals surface area contributed by atoms with E-state index in [1.165, 1.54) is 0 Å². The molecular formula is C17H22ClN3O. The number of nitrogens with one attached hydrogen (secondary N) is 2. The van der Waals surface area contributed by atoms with Crippen molar-refractivity contribution in [1.82, 2.24) is 15.6 Å². The van der Waals surface area contributed by atoms with Crippen LogP contribution in [0.15, 0.2) is 36.5 Å². The van der Waals surface area contributed by atoms with Crippen LogP contribution in [-0.4, -0.2) is 23.5 Å². The van der Waals surface area contributed by atoms with Crippen molar-refractivity contribution >= 4 is 29.2 Å². The number of hydrogen-bond donors (Lipinski definition) is 2. The number of nitrogens with zero attached hydrogens (tertiary/aromatic N) is 1. The van der Waals surface area contributed by atoms with Crippen LogP contribution < -0.4 is 10.6 Å². The summed E-state index contributed by atoms with van der Waals surface area (Å²) in [6.45, 7) is 3.66. The number of piperidine rings is 1. The molecule has 0 spiro atoms. The largest absolute Gasteiger partial charge is 0.351 e. The summed E-state index contributed by atoms with van der Waals surface area (Å²) in [5.74, 6) is 0.704. The number of amides is 1. The number of benzene rings is 1. The number of halogens is 1. The topological polar surface area (TPSA) is 54.0 Å². The summed E-state index contributed by atoms with van der Waals surface area (Å²) < 4.78 is 0. The molecule has 0 saturated carbocycles. The lowest BCUT2D eigenvalue weighted by Gasteiger charge is -2.27. The third-order valence-corrected chi connectivity index (χ3v) is 4.15. The Labute approximate surface area is 137 Å². The van der Waals surface area contributed by atoms with Crippen molar-refractivity contribution in [2.24, 2.45) is 5.92 Å². The van der Waals surface area contributed by atoms with Gasteiger partial charge in [0.25, 0.3) is 0 Å². The van der Waals surface area contributed by atoms with E-state index in [1.54, 1.807) is 6.20 Å². The van der Waals surface area contributed by atoms with E-state index in [4.69, 9.17) is 0 Å². The van der Waals surface area contributed by atoms with Gasteiger partial charge in [0.15, 0.2) is 0 Å². The van der Waals surface area contributed by atoms with Gasteiger partial charge in [-0.3, -0.25) is 9.78 Å². The smallest absolute Gasteiger partial charge is 0.237 e. The van der Waals surface area contributed by atoms with Gasteiger partial charge in [0.1, 0.15) is 0 Å². The maximum atomic E-state index is 12.3. The highest BCUT2D eigenvalue weighted by Gasteiger charge is 2.24. The van der Waals surface area contributed by atoms with E-state index < -0.39 is 0 Å². The maximum Gasteiger partial charge on any atom is 0.237 e. The number of carbonyl (C=O) groups excluding carboxylic acids is 1. The fraction of sp³-hybridized carbons (Fsp3) is 0.412. The number of carbonyl (C=O) groups is 1. The lowest BCUT2D eigenvalue weighted by atomic mass is 9.94. The van der Waals surface area contributed by atoms with Crippen molar-refractivity contribution in [3.05, 3.63) is 42.1 Å². The van der Waals surface area contributed by atoms with Crippen molar-refractivity contribution < 1.29 is 4.79 Å². The molecule has 2 unspecified atom stereocenters. The zero-order valence-corrected chi connectivity index (χ0v) is 13.5. The zero-order chi connectivity index (χ0) is 14.7. The van der Waals surface area contributed by atoms with Gasteiger partial charge in [0, 0.05) is 18.1 Å². The molecule has 1 aliphatic heterocycles. The predicted octanol–water partition coefficient (Wildman–Crippen LogP) is 2.66. The first-order valence-corrected chi connectivity index (χ1v) is 7.58. The zero-order valence-electron chi connectivity index (χ0n) is 12.7. The lowest BCUT2D eigenvalue weighted by molar-refractivity contribution is -0.124. The van der Waals surface area contributed by atoms with Crippen LogP contribution in [0.25, 0.3) is 10.9 Å². The second kappa shape index (κ2) is 7.56. The van der Waals surface area contributed by atoms with E-state index >= 15 is 0 Å². The van der Waals surface area contributed by atoms with Gasteiger partial charge in [-0.25, -0.2) is 0 Å². The summed E-state index contributed by atoms with van der Waals surface area (Å²) in [7, 11) is 0. The molecule has 1 aromatic carbocycles. The van der Waals surface area contributed by atoms with Gasteiger partial charge in [0.05, 0.1) is 11.6 Å². The molecule has 2 heterocycles. The van der Waals surface area contributed by atoms with E-state index in [2.05, 4.69) is 22.5 Å². The first-order valence-electron chi connectivity index (χ1n) is 7.58. The standard InChI is InChI=1S/C17H21N3O.ClH/c1-12-7-9-18-15(10-12)17(21)20-11-14-5-2-4-13-6-3-8-19-16(13)14;/h2-6,8,12,15,18H,7,9-11H2,1H3,(H,20,21);1H. The minimum atomic E-state index is -0.0586. The second-order valence-corrected chi connectivity index (χ2v) is 5.85. The molecule has 22 heavy (non-hydrogen) atoms. The van der Waals surface area contributed by atoms with Crippen LogP contribution in [0.5, 0.6) is 0 Å². The Morgan fingerprint density at radius 3 is 3.00 bits per heavy atom. The van der Waals surface area contributed by atoms with Gasteiger partial charge in [-0.05, 0) is 36.9 Å². The Hall–Kier alpha value is -1.65. The average molecular weight is 320 g/mol. The van der Waals surface area contributed by atoms with E-state index in [1.807, 2.05) is 30.3 Å². The number of para-hydroxylation sites is 1. The summed E-state index contributed by atoms with van der Waals surface area (Å²) in [4.78, 5) is 16.7. The van der Waals surface area contributed by atoms with Gasteiger partial charge < -0.3 is 10.6 Å². The van der Waals surface area contributed by atoms with Gasteiger partial charge in [-0.2, -0.15) is 0 Å². The highest BCUT2D eigenvalue weighted by Crippen LogP contribution is 2.17. The fourth-order valence-corrected chi connectivity index (χ4v) is 2.92. The predicted molar refractivity (Wildman–Crippen MR) is 91.0 cm³/mol.